The first-order valence-electron chi connectivity index (χ1n) is 7.31. The summed E-state index contributed by atoms with van der Waals surface area (Å²) in [5.41, 5.74) is -0.0950. The molecule has 0 unspecified atom stereocenters. The number of rotatable bonds is 6. The molecule has 0 aliphatic heterocycles. The van der Waals surface area contributed by atoms with Gasteiger partial charge in [-0.3, -0.25) is 18.7 Å². The fourth-order valence-electron chi connectivity index (χ4n) is 2.34. The van der Waals surface area contributed by atoms with Crippen LogP contribution in [0.25, 0.3) is 11.2 Å². The molecule has 0 amide bonds. The molecule has 8 heteroatoms. The summed E-state index contributed by atoms with van der Waals surface area (Å²) in [6.07, 6.45) is 2.38. The number of aromatic nitrogens is 4. The van der Waals surface area contributed by atoms with Gasteiger partial charge < -0.3 is 9.30 Å². The highest BCUT2D eigenvalue weighted by molar-refractivity contribution is 5.71. The predicted octanol–water partition coefficient (Wildman–Crippen LogP) is 0.260. The normalized spacial score (nSPS) is 11.0. The highest BCUT2D eigenvalue weighted by Crippen LogP contribution is 2.08. The van der Waals surface area contributed by atoms with Crippen LogP contribution in [0.1, 0.15) is 26.7 Å². The van der Waals surface area contributed by atoms with Crippen LogP contribution in [0.15, 0.2) is 15.9 Å². The van der Waals surface area contributed by atoms with E-state index < -0.39 is 5.56 Å². The Bertz CT molecular complexity index is 800. The van der Waals surface area contributed by atoms with E-state index in [-0.39, 0.29) is 24.6 Å². The van der Waals surface area contributed by atoms with Gasteiger partial charge in [-0.15, -0.1) is 0 Å². The molecule has 8 nitrogen and oxygen atoms in total. The van der Waals surface area contributed by atoms with Gasteiger partial charge in [-0.05, 0) is 13.3 Å². The molecule has 0 aliphatic rings. The Morgan fingerprint density at radius 2 is 2.00 bits per heavy atom. The van der Waals surface area contributed by atoms with E-state index in [1.54, 1.807) is 11.5 Å². The van der Waals surface area contributed by atoms with Crippen molar-refractivity contribution in [1.29, 1.82) is 0 Å². The summed E-state index contributed by atoms with van der Waals surface area (Å²) in [6.45, 7) is 4.78. The summed E-state index contributed by atoms with van der Waals surface area (Å²) < 4.78 is 9.03. The molecule has 0 radical (unpaired) electrons. The van der Waals surface area contributed by atoms with Gasteiger partial charge in [0.25, 0.3) is 5.56 Å². The molecule has 0 fully saturated rings. The minimum atomic E-state index is -0.409. The largest absolute Gasteiger partial charge is 0.466 e. The van der Waals surface area contributed by atoms with Crippen LogP contribution in [0.4, 0.5) is 0 Å². The third-order valence-corrected chi connectivity index (χ3v) is 3.41. The number of hydrogen-bond donors (Lipinski definition) is 0. The van der Waals surface area contributed by atoms with Gasteiger partial charge in [-0.2, -0.15) is 0 Å². The van der Waals surface area contributed by atoms with Crippen molar-refractivity contribution < 1.29 is 9.53 Å². The van der Waals surface area contributed by atoms with E-state index in [1.807, 2.05) is 6.92 Å². The van der Waals surface area contributed by atoms with Crippen LogP contribution in [0.5, 0.6) is 0 Å². The number of fused-ring (bicyclic) bond motifs is 1. The van der Waals surface area contributed by atoms with E-state index >= 15 is 0 Å². The Kier molecular flexibility index (Phi) is 4.79. The van der Waals surface area contributed by atoms with Gasteiger partial charge in [0, 0.05) is 20.1 Å². The average Bonchev–Trinajstić information content (AvgIpc) is 2.91. The quantitative estimate of drug-likeness (QED) is 0.714. The second kappa shape index (κ2) is 6.59. The molecule has 0 atom stereocenters. The number of imidazole rings is 1. The second-order valence-corrected chi connectivity index (χ2v) is 4.96. The molecule has 2 aromatic heterocycles. The zero-order chi connectivity index (χ0) is 16.3. The Balaban J connectivity index is 2.48. The topological polar surface area (TPSA) is 88.1 Å². The van der Waals surface area contributed by atoms with Crippen LogP contribution in [-0.2, 0) is 29.7 Å². The Morgan fingerprint density at radius 3 is 2.64 bits per heavy atom. The molecule has 0 spiro atoms. The first-order chi connectivity index (χ1) is 10.5. The molecule has 22 heavy (non-hydrogen) atoms. The van der Waals surface area contributed by atoms with E-state index in [4.69, 9.17) is 4.74 Å². The summed E-state index contributed by atoms with van der Waals surface area (Å²) in [4.78, 5) is 40.1. The van der Waals surface area contributed by atoms with Gasteiger partial charge in [0.1, 0.15) is 0 Å². The third kappa shape index (κ3) is 2.81. The van der Waals surface area contributed by atoms with Gasteiger partial charge in [-0.25, -0.2) is 9.78 Å². The van der Waals surface area contributed by atoms with Crippen LogP contribution in [-0.4, -0.2) is 31.3 Å². The highest BCUT2D eigenvalue weighted by Gasteiger charge is 2.16. The molecule has 2 aromatic rings. The number of esters is 1. The molecular weight excluding hydrogens is 288 g/mol. The SMILES string of the molecule is CCCn1c(=O)n(C)c(=O)c2c1ncn2CCC(=O)OCC. The van der Waals surface area contributed by atoms with Crippen LogP contribution >= 0.6 is 0 Å². The predicted molar refractivity (Wildman–Crippen MR) is 80.8 cm³/mol. The smallest absolute Gasteiger partial charge is 0.332 e. The number of carbonyl (C=O) groups is 1. The monoisotopic (exact) mass is 308 g/mol. The average molecular weight is 308 g/mol. The summed E-state index contributed by atoms with van der Waals surface area (Å²) in [7, 11) is 1.44. The number of nitrogens with zero attached hydrogens (tertiary/aromatic N) is 4. The first-order valence-corrected chi connectivity index (χ1v) is 7.31. The lowest BCUT2D eigenvalue weighted by molar-refractivity contribution is -0.143. The van der Waals surface area contributed by atoms with Gasteiger partial charge in [0.2, 0.25) is 0 Å². The van der Waals surface area contributed by atoms with Crippen LogP contribution < -0.4 is 11.2 Å². The van der Waals surface area contributed by atoms with Crippen molar-refractivity contribution in [3.63, 3.8) is 0 Å². The first kappa shape index (κ1) is 16.0. The third-order valence-electron chi connectivity index (χ3n) is 3.41. The number of aryl methyl sites for hydroxylation is 2. The molecule has 2 rings (SSSR count). The van der Waals surface area contributed by atoms with Crippen molar-refractivity contribution in [1.82, 2.24) is 18.7 Å². The van der Waals surface area contributed by atoms with Gasteiger partial charge in [0.15, 0.2) is 11.2 Å². The fraction of sp³-hybridized carbons (Fsp3) is 0.571. The van der Waals surface area contributed by atoms with E-state index in [9.17, 15) is 14.4 Å². The lowest BCUT2D eigenvalue weighted by Crippen LogP contribution is -2.38. The van der Waals surface area contributed by atoms with E-state index in [2.05, 4.69) is 4.98 Å². The minimum Gasteiger partial charge on any atom is -0.466 e. The van der Waals surface area contributed by atoms with E-state index in [0.717, 1.165) is 11.0 Å². The molecule has 0 aromatic carbocycles. The Hall–Kier alpha value is -2.38. The second-order valence-electron chi connectivity index (χ2n) is 4.96. The molecule has 0 saturated heterocycles. The minimum absolute atomic E-state index is 0.148. The summed E-state index contributed by atoms with van der Waals surface area (Å²) >= 11 is 0. The lowest BCUT2D eigenvalue weighted by atomic mass is 10.4. The van der Waals surface area contributed by atoms with E-state index in [1.165, 1.54) is 17.9 Å². The van der Waals surface area contributed by atoms with Crippen molar-refractivity contribution in [2.45, 2.75) is 39.8 Å². The molecule has 2 heterocycles. The number of ether oxygens (including phenoxy) is 1. The summed E-state index contributed by atoms with van der Waals surface area (Å²) in [5, 5.41) is 0. The van der Waals surface area contributed by atoms with Crippen LogP contribution in [0.3, 0.4) is 0 Å². The molecule has 0 bridgehead atoms. The standard InChI is InChI=1S/C14H20N4O4/c1-4-7-18-12-11(13(20)16(3)14(18)21)17(9-15-12)8-6-10(19)22-5-2/h9H,4-8H2,1-3H3. The Morgan fingerprint density at radius 1 is 1.27 bits per heavy atom. The molecule has 0 N–H and O–H groups in total. The van der Waals surface area contributed by atoms with Crippen molar-refractivity contribution in [3.05, 3.63) is 27.2 Å². The van der Waals surface area contributed by atoms with Crippen LogP contribution in [0.2, 0.25) is 0 Å². The van der Waals surface area contributed by atoms with Crippen molar-refractivity contribution >= 4 is 17.1 Å². The number of hydrogen-bond acceptors (Lipinski definition) is 5. The fourth-order valence-corrected chi connectivity index (χ4v) is 2.34. The van der Waals surface area contributed by atoms with Crippen molar-refractivity contribution in [2.24, 2.45) is 7.05 Å². The Labute approximate surface area is 126 Å². The summed E-state index contributed by atoms with van der Waals surface area (Å²) in [5.74, 6) is -0.331. The maximum Gasteiger partial charge on any atom is 0.332 e. The van der Waals surface area contributed by atoms with Crippen molar-refractivity contribution in [2.75, 3.05) is 6.61 Å². The zero-order valence-electron chi connectivity index (χ0n) is 13.0. The molecule has 0 saturated carbocycles. The van der Waals surface area contributed by atoms with Crippen molar-refractivity contribution in [3.8, 4) is 0 Å². The molecule has 0 aliphatic carbocycles. The van der Waals surface area contributed by atoms with E-state index in [0.29, 0.717) is 24.3 Å². The molecular formula is C14H20N4O4. The van der Waals surface area contributed by atoms with Gasteiger partial charge in [0.05, 0.1) is 19.4 Å². The molecule has 120 valence electrons. The lowest BCUT2D eigenvalue weighted by Gasteiger charge is -2.09. The maximum atomic E-state index is 12.3. The number of carbonyl (C=O) groups excluding carboxylic acids is 1. The maximum absolute atomic E-state index is 12.3. The van der Waals surface area contributed by atoms with Gasteiger partial charge >= 0.3 is 11.7 Å². The van der Waals surface area contributed by atoms with Gasteiger partial charge in [-0.1, -0.05) is 6.92 Å². The summed E-state index contributed by atoms with van der Waals surface area (Å²) in [6, 6.07) is 0. The van der Waals surface area contributed by atoms with Crippen LogP contribution in [0, 0.1) is 0 Å². The zero-order valence-corrected chi connectivity index (χ0v) is 13.0. The highest BCUT2D eigenvalue weighted by atomic mass is 16.5.